The Morgan fingerprint density at radius 2 is 1.74 bits per heavy atom. The Bertz CT molecular complexity index is 623. The smallest absolute Gasteiger partial charge is 0.0853 e. The highest BCUT2D eigenvalue weighted by Crippen LogP contribution is 2.32. The van der Waals surface area contributed by atoms with Gasteiger partial charge in [0, 0.05) is 6.42 Å². The molecule has 122 valence electrons. The predicted octanol–water partition coefficient (Wildman–Crippen LogP) is 4.44. The highest BCUT2D eigenvalue weighted by molar-refractivity contribution is 5.32. The van der Waals surface area contributed by atoms with Gasteiger partial charge in [-0.2, -0.15) is 0 Å². The Kier molecular flexibility index (Phi) is 5.14. The number of aliphatic hydroxyl groups excluding tert-OH is 1. The quantitative estimate of drug-likeness (QED) is 0.904. The fourth-order valence-corrected chi connectivity index (χ4v) is 3.36. The third-order valence-electron chi connectivity index (χ3n) is 4.65. The van der Waals surface area contributed by atoms with Crippen LogP contribution in [0.3, 0.4) is 0 Å². The fraction of sp³-hybridized carbons (Fsp3) is 0.429. The molecule has 0 aliphatic carbocycles. The lowest BCUT2D eigenvalue weighted by atomic mass is 9.94. The van der Waals surface area contributed by atoms with Crippen LogP contribution in [0.2, 0.25) is 0 Å². The first kappa shape index (κ1) is 16.2. The summed E-state index contributed by atoms with van der Waals surface area (Å²) in [5.41, 5.74) is 5.18. The fourth-order valence-electron chi connectivity index (χ4n) is 3.36. The summed E-state index contributed by atoms with van der Waals surface area (Å²) >= 11 is 0. The van der Waals surface area contributed by atoms with Crippen LogP contribution in [-0.4, -0.2) is 17.3 Å². The standard InChI is InChI=1S/C21H26O2/c1-3-16-7-9-17(10-8-16)12-18-5-4-6-19(13-18)21-14-20(22)11-15(2)23-21/h4-10,13,15,20-22H,3,11-12,14H2,1-2H3/t15-,20+,21-/m1/s1. The summed E-state index contributed by atoms with van der Waals surface area (Å²) < 4.78 is 6.02. The Morgan fingerprint density at radius 3 is 2.43 bits per heavy atom. The van der Waals surface area contributed by atoms with E-state index in [4.69, 9.17) is 4.74 Å². The van der Waals surface area contributed by atoms with Gasteiger partial charge in [0.25, 0.3) is 0 Å². The van der Waals surface area contributed by atoms with Crippen molar-refractivity contribution in [3.63, 3.8) is 0 Å². The van der Waals surface area contributed by atoms with Crippen molar-refractivity contribution in [2.45, 2.75) is 57.8 Å². The van der Waals surface area contributed by atoms with E-state index in [1.54, 1.807) is 0 Å². The maximum Gasteiger partial charge on any atom is 0.0853 e. The van der Waals surface area contributed by atoms with E-state index in [1.165, 1.54) is 22.3 Å². The van der Waals surface area contributed by atoms with Crippen molar-refractivity contribution in [3.8, 4) is 0 Å². The average molecular weight is 310 g/mol. The number of benzene rings is 2. The van der Waals surface area contributed by atoms with Crippen LogP contribution in [-0.2, 0) is 17.6 Å². The molecular weight excluding hydrogens is 284 g/mol. The monoisotopic (exact) mass is 310 g/mol. The number of hydrogen-bond acceptors (Lipinski definition) is 2. The minimum Gasteiger partial charge on any atom is -0.393 e. The summed E-state index contributed by atoms with van der Waals surface area (Å²) in [4.78, 5) is 0. The van der Waals surface area contributed by atoms with Crippen LogP contribution in [0.25, 0.3) is 0 Å². The van der Waals surface area contributed by atoms with Gasteiger partial charge in [0.2, 0.25) is 0 Å². The van der Waals surface area contributed by atoms with Crippen LogP contribution >= 0.6 is 0 Å². The lowest BCUT2D eigenvalue weighted by Gasteiger charge is -2.31. The average Bonchev–Trinajstić information content (AvgIpc) is 2.55. The molecule has 1 fully saturated rings. The molecule has 1 heterocycles. The lowest BCUT2D eigenvalue weighted by molar-refractivity contribution is -0.0895. The molecule has 23 heavy (non-hydrogen) atoms. The highest BCUT2D eigenvalue weighted by Gasteiger charge is 2.26. The predicted molar refractivity (Wildman–Crippen MR) is 93.6 cm³/mol. The zero-order chi connectivity index (χ0) is 16.2. The molecule has 0 bridgehead atoms. The molecule has 0 radical (unpaired) electrons. The normalized spacial score (nSPS) is 24.6. The van der Waals surface area contributed by atoms with Crippen molar-refractivity contribution < 1.29 is 9.84 Å². The molecule has 2 heteroatoms. The van der Waals surface area contributed by atoms with E-state index in [0.29, 0.717) is 6.42 Å². The molecule has 2 aromatic carbocycles. The van der Waals surface area contributed by atoms with Gasteiger partial charge in [0.05, 0.1) is 18.3 Å². The van der Waals surface area contributed by atoms with Crippen molar-refractivity contribution in [2.24, 2.45) is 0 Å². The number of hydrogen-bond donors (Lipinski definition) is 1. The van der Waals surface area contributed by atoms with E-state index in [2.05, 4.69) is 55.5 Å². The van der Waals surface area contributed by atoms with Crippen molar-refractivity contribution in [2.75, 3.05) is 0 Å². The molecule has 0 unspecified atom stereocenters. The van der Waals surface area contributed by atoms with E-state index < -0.39 is 0 Å². The van der Waals surface area contributed by atoms with Crippen molar-refractivity contribution in [1.82, 2.24) is 0 Å². The Labute approximate surface area is 139 Å². The molecule has 3 rings (SSSR count). The minimum absolute atomic E-state index is 0.0103. The van der Waals surface area contributed by atoms with Gasteiger partial charge in [0.15, 0.2) is 0 Å². The summed E-state index contributed by atoms with van der Waals surface area (Å²) in [5.74, 6) is 0. The van der Waals surface area contributed by atoms with Gasteiger partial charge in [0.1, 0.15) is 0 Å². The number of aryl methyl sites for hydroxylation is 1. The van der Waals surface area contributed by atoms with Crippen LogP contribution in [0.15, 0.2) is 48.5 Å². The largest absolute Gasteiger partial charge is 0.393 e. The number of rotatable bonds is 4. The van der Waals surface area contributed by atoms with E-state index in [-0.39, 0.29) is 18.3 Å². The Hall–Kier alpha value is -1.64. The van der Waals surface area contributed by atoms with Crippen molar-refractivity contribution >= 4 is 0 Å². The van der Waals surface area contributed by atoms with Gasteiger partial charge >= 0.3 is 0 Å². The van der Waals surface area contributed by atoms with Gasteiger partial charge in [-0.15, -0.1) is 0 Å². The molecule has 2 nitrogen and oxygen atoms in total. The third-order valence-corrected chi connectivity index (χ3v) is 4.65. The summed E-state index contributed by atoms with van der Waals surface area (Å²) in [7, 11) is 0. The summed E-state index contributed by atoms with van der Waals surface area (Å²) in [6.07, 6.45) is 3.32. The van der Waals surface area contributed by atoms with Crippen LogP contribution in [0.1, 0.15) is 55.0 Å². The second kappa shape index (κ2) is 7.29. The second-order valence-corrected chi connectivity index (χ2v) is 6.65. The van der Waals surface area contributed by atoms with Crippen LogP contribution in [0, 0.1) is 0 Å². The molecule has 1 aliphatic rings. The third kappa shape index (κ3) is 4.21. The molecule has 1 N–H and O–H groups in total. The minimum atomic E-state index is -0.256. The van der Waals surface area contributed by atoms with Gasteiger partial charge < -0.3 is 9.84 Å². The van der Waals surface area contributed by atoms with Crippen LogP contribution in [0.4, 0.5) is 0 Å². The Balaban J connectivity index is 1.74. The number of aliphatic hydroxyl groups is 1. The van der Waals surface area contributed by atoms with E-state index in [0.717, 1.165) is 19.3 Å². The first-order valence-electron chi connectivity index (χ1n) is 8.64. The zero-order valence-electron chi connectivity index (χ0n) is 14.0. The molecule has 0 spiro atoms. The van der Waals surface area contributed by atoms with Gasteiger partial charge in [-0.1, -0.05) is 55.5 Å². The van der Waals surface area contributed by atoms with Gasteiger partial charge in [-0.25, -0.2) is 0 Å². The van der Waals surface area contributed by atoms with Gasteiger partial charge in [-0.05, 0) is 48.4 Å². The van der Waals surface area contributed by atoms with E-state index in [1.807, 2.05) is 6.92 Å². The molecule has 0 aromatic heterocycles. The molecule has 1 aliphatic heterocycles. The lowest BCUT2D eigenvalue weighted by Crippen LogP contribution is -2.29. The molecule has 0 amide bonds. The summed E-state index contributed by atoms with van der Waals surface area (Å²) in [6, 6.07) is 17.5. The molecule has 0 saturated carbocycles. The van der Waals surface area contributed by atoms with Crippen molar-refractivity contribution in [3.05, 3.63) is 70.8 Å². The Morgan fingerprint density at radius 1 is 1.00 bits per heavy atom. The first-order valence-corrected chi connectivity index (χ1v) is 8.64. The van der Waals surface area contributed by atoms with Crippen molar-refractivity contribution in [1.29, 1.82) is 0 Å². The maximum absolute atomic E-state index is 9.99. The maximum atomic E-state index is 9.99. The second-order valence-electron chi connectivity index (χ2n) is 6.65. The number of ether oxygens (including phenoxy) is 1. The summed E-state index contributed by atoms with van der Waals surface area (Å²) in [5, 5.41) is 9.99. The molecular formula is C21H26O2. The topological polar surface area (TPSA) is 29.5 Å². The summed E-state index contributed by atoms with van der Waals surface area (Å²) in [6.45, 7) is 4.21. The first-order chi connectivity index (χ1) is 11.1. The van der Waals surface area contributed by atoms with Crippen LogP contribution < -0.4 is 0 Å². The molecule has 1 saturated heterocycles. The van der Waals surface area contributed by atoms with Gasteiger partial charge in [-0.3, -0.25) is 0 Å². The van der Waals surface area contributed by atoms with E-state index in [9.17, 15) is 5.11 Å². The van der Waals surface area contributed by atoms with E-state index >= 15 is 0 Å². The zero-order valence-corrected chi connectivity index (χ0v) is 14.0. The molecule has 3 atom stereocenters. The highest BCUT2D eigenvalue weighted by atomic mass is 16.5. The molecule has 2 aromatic rings. The van der Waals surface area contributed by atoms with Crippen LogP contribution in [0.5, 0.6) is 0 Å². The SMILES string of the molecule is CCc1ccc(Cc2cccc([C@H]3C[C@@H](O)C[C@@H](C)O3)c2)cc1.